The third-order valence-electron chi connectivity index (χ3n) is 19.4. The molecular formula is C90H198MoP6. The summed E-state index contributed by atoms with van der Waals surface area (Å²) in [5.74, 6) is 0. The van der Waals surface area contributed by atoms with E-state index in [-0.39, 0.29) is 21.1 Å². The summed E-state index contributed by atoms with van der Waals surface area (Å²) in [6, 6.07) is 0. The average molecular weight is 1560 g/mol. The Hall–Kier alpha value is 3.27. The standard InChI is InChI=1S/6C15H33P.Mo/c6*1-4-7-10-13-16(14-11-8-5-2)15-12-9-6-3;/h6*4-15H2,1-3H3;. The fourth-order valence-corrected chi connectivity index (χ4v) is 28.6. The quantitative estimate of drug-likeness (QED) is 0.0323. The molecule has 0 amide bonds. The summed E-state index contributed by atoms with van der Waals surface area (Å²) < 4.78 is 0. The molecule has 0 bridgehead atoms. The van der Waals surface area contributed by atoms with Crippen molar-refractivity contribution < 1.29 is 21.1 Å². The van der Waals surface area contributed by atoms with Gasteiger partial charge in [0.2, 0.25) is 0 Å². The summed E-state index contributed by atoms with van der Waals surface area (Å²) in [6.45, 7) is 41.7. The van der Waals surface area contributed by atoms with Crippen LogP contribution in [0.25, 0.3) is 0 Å². The summed E-state index contributed by atoms with van der Waals surface area (Å²) in [7, 11) is 2.43. The largest absolute Gasteiger partial charge is 0.107 e. The first-order valence-corrected chi connectivity index (χ1v) is 56.8. The van der Waals surface area contributed by atoms with Crippen LogP contribution in [0.1, 0.15) is 471 Å². The van der Waals surface area contributed by atoms with E-state index in [2.05, 4.69) is 125 Å². The van der Waals surface area contributed by atoms with Crippen LogP contribution in [0.15, 0.2) is 0 Å². The summed E-state index contributed by atoms with van der Waals surface area (Å²) in [6.07, 6.45) is 106. The van der Waals surface area contributed by atoms with Crippen LogP contribution in [0.2, 0.25) is 0 Å². The number of unbranched alkanes of at least 4 members (excludes halogenated alkanes) is 36. The van der Waals surface area contributed by atoms with Gasteiger partial charge in [-0.15, -0.1) is 47.5 Å². The SMILES string of the molecule is CCCCCP(CCCCC)CCCCC.CCCCCP(CCCCC)CCCCC.CCCCCP(CCCCC)CCCCC.CCCCCP(CCCCC)CCCCC.CCCCCP(CCCCC)CCCCC.CCCCCP(CCCCC)CCCCC.[Mo]. The van der Waals surface area contributed by atoms with Gasteiger partial charge in [-0.25, -0.2) is 0 Å². The van der Waals surface area contributed by atoms with Crippen LogP contribution in [-0.2, 0) is 21.1 Å². The van der Waals surface area contributed by atoms with Crippen molar-refractivity contribution in [3.63, 3.8) is 0 Å². The Bertz CT molecular complexity index is 834. The van der Waals surface area contributed by atoms with Crippen LogP contribution in [0.4, 0.5) is 0 Å². The van der Waals surface area contributed by atoms with E-state index < -0.39 is 0 Å². The van der Waals surface area contributed by atoms with Crippen LogP contribution in [0, 0.1) is 0 Å². The molecule has 594 valence electrons. The van der Waals surface area contributed by atoms with E-state index in [0.717, 1.165) is 0 Å². The first kappa shape index (κ1) is 114. The van der Waals surface area contributed by atoms with Gasteiger partial charge >= 0.3 is 0 Å². The molecule has 0 heterocycles. The molecule has 0 atom stereocenters. The van der Waals surface area contributed by atoms with Gasteiger partial charge in [0, 0.05) is 21.1 Å². The molecule has 0 aromatic heterocycles. The van der Waals surface area contributed by atoms with E-state index in [1.165, 1.54) is 347 Å². The van der Waals surface area contributed by atoms with Gasteiger partial charge in [-0.3, -0.25) is 0 Å². The van der Waals surface area contributed by atoms with E-state index in [1.807, 2.05) is 0 Å². The maximum Gasteiger partial charge on any atom is 0 e. The van der Waals surface area contributed by atoms with Gasteiger partial charge in [-0.2, -0.15) is 0 Å². The summed E-state index contributed by atoms with van der Waals surface area (Å²) in [5.41, 5.74) is 0. The molecule has 0 saturated heterocycles. The Balaban J connectivity index is -0.000000200. The molecule has 0 unspecified atom stereocenters. The molecule has 97 heavy (non-hydrogen) atoms. The first-order chi connectivity index (χ1) is 47.1. The van der Waals surface area contributed by atoms with Crippen molar-refractivity contribution in [1.29, 1.82) is 0 Å². The normalized spacial score (nSPS) is 11.1. The van der Waals surface area contributed by atoms with Crippen LogP contribution < -0.4 is 0 Å². The van der Waals surface area contributed by atoms with Crippen molar-refractivity contribution in [2.24, 2.45) is 0 Å². The number of hydrogen-bond donors (Lipinski definition) is 0. The topological polar surface area (TPSA) is 0 Å². The first-order valence-electron chi connectivity index (χ1n) is 45.4. The Morgan fingerprint density at radius 3 is 0.186 bits per heavy atom. The molecule has 0 rings (SSSR count). The summed E-state index contributed by atoms with van der Waals surface area (Å²) in [5, 5.41) is 0. The molecule has 0 aliphatic heterocycles. The molecular weight excluding hydrogens is 1360 g/mol. The molecule has 0 nitrogen and oxygen atoms in total. The van der Waals surface area contributed by atoms with Gasteiger partial charge in [0.1, 0.15) is 0 Å². The molecule has 0 fully saturated rings. The second kappa shape index (κ2) is 110. The van der Waals surface area contributed by atoms with Gasteiger partial charge < -0.3 is 0 Å². The molecule has 0 aliphatic rings. The van der Waals surface area contributed by atoms with Gasteiger partial charge in [0.15, 0.2) is 0 Å². The molecule has 0 saturated carbocycles. The van der Waals surface area contributed by atoms with Gasteiger partial charge in [0.25, 0.3) is 0 Å². The fraction of sp³-hybridized carbons (Fsp3) is 1.00. The zero-order valence-electron chi connectivity index (χ0n) is 72.0. The Morgan fingerprint density at radius 1 is 0.0928 bits per heavy atom. The monoisotopic (exact) mass is 1560 g/mol. The van der Waals surface area contributed by atoms with Crippen molar-refractivity contribution in [2.45, 2.75) is 471 Å². The zero-order valence-corrected chi connectivity index (χ0v) is 79.4. The Labute approximate surface area is 646 Å². The minimum Gasteiger partial charge on any atom is -0.107 e. The predicted octanol–water partition coefficient (Wildman–Crippen LogP) is 36.2. The molecule has 0 aliphatic carbocycles. The van der Waals surface area contributed by atoms with Crippen molar-refractivity contribution in [2.75, 3.05) is 111 Å². The van der Waals surface area contributed by atoms with Crippen molar-refractivity contribution in [3.05, 3.63) is 0 Å². The van der Waals surface area contributed by atoms with Gasteiger partial charge in [0.05, 0.1) is 0 Å². The van der Waals surface area contributed by atoms with E-state index in [9.17, 15) is 0 Å². The summed E-state index contributed by atoms with van der Waals surface area (Å²) in [4.78, 5) is 0. The third-order valence-corrected chi connectivity index (χ3v) is 36.5. The minimum absolute atomic E-state index is 0. The van der Waals surface area contributed by atoms with Crippen LogP contribution in [-0.4, -0.2) is 111 Å². The second-order valence-corrected chi connectivity index (χ2v) is 45.9. The Morgan fingerprint density at radius 2 is 0.144 bits per heavy atom. The second-order valence-electron chi connectivity index (χ2n) is 29.8. The van der Waals surface area contributed by atoms with Gasteiger partial charge in [-0.1, -0.05) is 356 Å². The summed E-state index contributed by atoms with van der Waals surface area (Å²) >= 11 is 0. The average Bonchev–Trinajstić information content (AvgIpc) is 3.81. The molecule has 0 aromatic rings. The van der Waals surface area contributed by atoms with Crippen LogP contribution in [0.3, 0.4) is 0 Å². The molecule has 0 N–H and O–H groups in total. The molecule has 0 spiro atoms. The van der Waals surface area contributed by atoms with Crippen molar-refractivity contribution in [3.8, 4) is 0 Å². The van der Waals surface area contributed by atoms with E-state index in [4.69, 9.17) is 0 Å². The third kappa shape index (κ3) is 108. The van der Waals surface area contributed by atoms with E-state index in [0.29, 0.717) is 47.5 Å². The van der Waals surface area contributed by atoms with Crippen LogP contribution >= 0.6 is 47.5 Å². The van der Waals surface area contributed by atoms with E-state index in [1.54, 1.807) is 111 Å². The smallest absolute Gasteiger partial charge is 0 e. The maximum absolute atomic E-state index is 2.32. The molecule has 7 heteroatoms. The van der Waals surface area contributed by atoms with Crippen molar-refractivity contribution >= 4 is 47.5 Å². The van der Waals surface area contributed by atoms with Crippen LogP contribution in [0.5, 0.6) is 0 Å². The number of rotatable bonds is 72. The zero-order chi connectivity index (χ0) is 72.4. The Kier molecular flexibility index (Phi) is 129. The predicted molar refractivity (Wildman–Crippen MR) is 481 cm³/mol. The van der Waals surface area contributed by atoms with Crippen molar-refractivity contribution in [1.82, 2.24) is 0 Å². The molecule has 0 aromatic carbocycles. The van der Waals surface area contributed by atoms with E-state index >= 15 is 0 Å². The maximum atomic E-state index is 2.32. The fourth-order valence-electron chi connectivity index (χ4n) is 12.5. The number of hydrogen-bond acceptors (Lipinski definition) is 0. The molecule has 0 radical (unpaired) electrons. The van der Waals surface area contributed by atoms with Gasteiger partial charge in [-0.05, 0) is 226 Å². The minimum atomic E-state index is 0.